The lowest BCUT2D eigenvalue weighted by atomic mass is 9.63. The summed E-state index contributed by atoms with van der Waals surface area (Å²) in [5.41, 5.74) is 4.76. The summed E-state index contributed by atoms with van der Waals surface area (Å²) in [7, 11) is 0. The van der Waals surface area contributed by atoms with Crippen LogP contribution in [0, 0.1) is 0 Å². The lowest BCUT2D eigenvalue weighted by molar-refractivity contribution is 0.0692. The lowest BCUT2D eigenvalue weighted by Gasteiger charge is -2.42. The third-order valence-electron chi connectivity index (χ3n) is 5.68. The Morgan fingerprint density at radius 3 is 2.35 bits per heavy atom. The van der Waals surface area contributed by atoms with E-state index in [2.05, 4.69) is 45.9 Å². The Morgan fingerprint density at radius 1 is 1.00 bits per heavy atom. The second kappa shape index (κ2) is 6.79. The molecule has 0 amide bonds. The number of carboxylic acid groups (broad SMARTS) is 1. The molecule has 2 aromatic rings. The molecule has 2 aromatic carbocycles. The van der Waals surface area contributed by atoms with Crippen LogP contribution in [0.1, 0.15) is 67.6 Å². The van der Waals surface area contributed by atoms with E-state index in [0.717, 1.165) is 6.42 Å². The molecule has 1 aliphatic carbocycles. The number of aromatic carboxylic acids is 1. The van der Waals surface area contributed by atoms with Crippen LogP contribution in [-0.4, -0.2) is 17.7 Å². The molecule has 3 rings (SSSR count). The van der Waals surface area contributed by atoms with Crippen LogP contribution in [-0.2, 0) is 17.3 Å². The third kappa shape index (κ3) is 3.62. The van der Waals surface area contributed by atoms with Crippen LogP contribution in [0.4, 0.5) is 0 Å². The number of rotatable bonds is 5. The first-order valence-electron chi connectivity index (χ1n) is 9.30. The molecule has 0 radical (unpaired) electrons. The fourth-order valence-electron chi connectivity index (χ4n) is 3.84. The minimum absolute atomic E-state index is 0.192. The summed E-state index contributed by atoms with van der Waals surface area (Å²) in [4.78, 5) is 11.3. The molecule has 0 aromatic heterocycles. The maximum absolute atomic E-state index is 11.3. The quantitative estimate of drug-likeness (QED) is 0.788. The van der Waals surface area contributed by atoms with Crippen LogP contribution >= 0.6 is 0 Å². The molecule has 0 aliphatic heterocycles. The van der Waals surface area contributed by atoms with Crippen molar-refractivity contribution in [3.63, 3.8) is 0 Å². The number of carboxylic acids is 1. The number of hydrogen-bond acceptors (Lipinski definition) is 2. The molecule has 138 valence electrons. The molecule has 0 atom stereocenters. The minimum atomic E-state index is -0.960. The van der Waals surface area contributed by atoms with E-state index in [1.54, 1.807) is 24.3 Å². The highest BCUT2D eigenvalue weighted by Gasteiger charge is 2.36. The molecule has 3 nitrogen and oxygen atoms in total. The van der Waals surface area contributed by atoms with Crippen molar-refractivity contribution in [2.45, 2.75) is 57.8 Å². The van der Waals surface area contributed by atoms with Gasteiger partial charge in [0.05, 0.1) is 6.61 Å². The van der Waals surface area contributed by atoms with Crippen LogP contribution < -0.4 is 4.74 Å². The van der Waals surface area contributed by atoms with E-state index in [1.165, 1.54) is 29.5 Å². The summed E-state index contributed by atoms with van der Waals surface area (Å²) in [6, 6.07) is 13.6. The maximum Gasteiger partial charge on any atom is 0.339 e. The monoisotopic (exact) mass is 352 g/mol. The van der Waals surface area contributed by atoms with Gasteiger partial charge >= 0.3 is 5.97 Å². The van der Waals surface area contributed by atoms with Crippen LogP contribution in [0.5, 0.6) is 5.75 Å². The standard InChI is InChI=1S/C23H28O3/c1-22(2)12-13-23(3,4)19-15-16(9-10-18(19)22)11-14-26-20-8-6-5-7-17(20)21(24)25/h5-10,15H,11-14H2,1-4H3,(H,24,25). The predicted octanol–water partition coefficient (Wildman–Crippen LogP) is 5.36. The van der Waals surface area contributed by atoms with E-state index >= 15 is 0 Å². The SMILES string of the molecule is CC1(C)CCC(C)(C)c2cc(CCOc3ccccc3C(=O)O)ccc21. The molecule has 1 N–H and O–H groups in total. The van der Waals surface area contributed by atoms with Gasteiger partial charge in [0.15, 0.2) is 0 Å². The van der Waals surface area contributed by atoms with Crippen molar-refractivity contribution < 1.29 is 14.6 Å². The summed E-state index contributed by atoms with van der Waals surface area (Å²) in [5.74, 6) is -0.530. The smallest absolute Gasteiger partial charge is 0.339 e. The Hall–Kier alpha value is -2.29. The van der Waals surface area contributed by atoms with Gasteiger partial charge in [0.1, 0.15) is 11.3 Å². The van der Waals surface area contributed by atoms with Crippen molar-refractivity contribution in [2.75, 3.05) is 6.61 Å². The van der Waals surface area contributed by atoms with Gasteiger partial charge < -0.3 is 9.84 Å². The number of hydrogen-bond donors (Lipinski definition) is 1. The van der Waals surface area contributed by atoms with Crippen molar-refractivity contribution in [3.05, 3.63) is 64.7 Å². The van der Waals surface area contributed by atoms with Crippen molar-refractivity contribution in [2.24, 2.45) is 0 Å². The lowest BCUT2D eigenvalue weighted by Crippen LogP contribution is -2.33. The summed E-state index contributed by atoms with van der Waals surface area (Å²) in [6.07, 6.45) is 3.16. The Morgan fingerprint density at radius 2 is 1.65 bits per heavy atom. The van der Waals surface area contributed by atoms with Crippen molar-refractivity contribution in [1.29, 1.82) is 0 Å². The predicted molar refractivity (Wildman–Crippen MR) is 104 cm³/mol. The molecule has 0 spiro atoms. The molecule has 0 fully saturated rings. The van der Waals surface area contributed by atoms with Crippen LogP contribution in [0.3, 0.4) is 0 Å². The van der Waals surface area contributed by atoms with Gasteiger partial charge in [0.2, 0.25) is 0 Å². The molecule has 26 heavy (non-hydrogen) atoms. The second-order valence-corrected chi connectivity index (χ2v) is 8.55. The zero-order chi connectivity index (χ0) is 18.9. The zero-order valence-corrected chi connectivity index (χ0v) is 16.1. The Balaban J connectivity index is 1.75. The van der Waals surface area contributed by atoms with Gasteiger partial charge in [0.25, 0.3) is 0 Å². The fourth-order valence-corrected chi connectivity index (χ4v) is 3.84. The summed E-state index contributed by atoms with van der Waals surface area (Å²) in [5, 5.41) is 9.24. The van der Waals surface area contributed by atoms with E-state index in [-0.39, 0.29) is 16.4 Å². The second-order valence-electron chi connectivity index (χ2n) is 8.55. The first-order valence-corrected chi connectivity index (χ1v) is 9.30. The first-order chi connectivity index (χ1) is 12.2. The van der Waals surface area contributed by atoms with Gasteiger partial charge in [-0.2, -0.15) is 0 Å². The number of para-hydroxylation sites is 1. The highest BCUT2D eigenvalue weighted by molar-refractivity contribution is 5.90. The van der Waals surface area contributed by atoms with Gasteiger partial charge in [-0.15, -0.1) is 0 Å². The fraction of sp³-hybridized carbons (Fsp3) is 0.435. The van der Waals surface area contributed by atoms with Crippen LogP contribution in [0.15, 0.2) is 42.5 Å². The minimum Gasteiger partial charge on any atom is -0.492 e. The Labute approximate surface area is 156 Å². The molecule has 3 heteroatoms. The van der Waals surface area contributed by atoms with Crippen molar-refractivity contribution in [3.8, 4) is 5.75 Å². The van der Waals surface area contributed by atoms with Gasteiger partial charge in [-0.05, 0) is 52.5 Å². The first kappa shape index (κ1) is 18.5. The average Bonchev–Trinajstić information content (AvgIpc) is 2.59. The Bertz CT molecular complexity index is 818. The van der Waals surface area contributed by atoms with Gasteiger partial charge in [-0.3, -0.25) is 0 Å². The largest absolute Gasteiger partial charge is 0.492 e. The molecular weight excluding hydrogens is 324 g/mol. The number of fused-ring (bicyclic) bond motifs is 1. The van der Waals surface area contributed by atoms with E-state index in [9.17, 15) is 9.90 Å². The third-order valence-corrected chi connectivity index (χ3v) is 5.68. The summed E-state index contributed by atoms with van der Waals surface area (Å²) in [6.45, 7) is 9.77. The topological polar surface area (TPSA) is 46.5 Å². The van der Waals surface area contributed by atoms with Crippen molar-refractivity contribution in [1.82, 2.24) is 0 Å². The normalized spacial score (nSPS) is 17.4. The maximum atomic E-state index is 11.3. The van der Waals surface area contributed by atoms with Crippen LogP contribution in [0.25, 0.3) is 0 Å². The van der Waals surface area contributed by atoms with Gasteiger partial charge in [-0.25, -0.2) is 4.79 Å². The van der Waals surface area contributed by atoms with E-state index in [0.29, 0.717) is 12.4 Å². The average molecular weight is 352 g/mol. The molecule has 0 heterocycles. The van der Waals surface area contributed by atoms with E-state index in [1.807, 2.05) is 0 Å². The number of benzene rings is 2. The highest BCUT2D eigenvalue weighted by Crippen LogP contribution is 2.45. The van der Waals surface area contributed by atoms with Gasteiger partial charge in [0, 0.05) is 6.42 Å². The van der Waals surface area contributed by atoms with Crippen molar-refractivity contribution >= 4 is 5.97 Å². The van der Waals surface area contributed by atoms with Crippen LogP contribution in [0.2, 0.25) is 0 Å². The molecule has 0 saturated carbocycles. The summed E-state index contributed by atoms with van der Waals surface area (Å²) >= 11 is 0. The zero-order valence-electron chi connectivity index (χ0n) is 16.1. The van der Waals surface area contributed by atoms with E-state index < -0.39 is 5.97 Å². The number of carbonyl (C=O) groups is 1. The van der Waals surface area contributed by atoms with Gasteiger partial charge in [-0.1, -0.05) is 58.0 Å². The molecule has 1 aliphatic rings. The molecule has 0 saturated heterocycles. The molecular formula is C23H28O3. The highest BCUT2D eigenvalue weighted by atomic mass is 16.5. The summed E-state index contributed by atoms with van der Waals surface area (Å²) < 4.78 is 5.76. The molecule has 0 bridgehead atoms. The number of ether oxygens (including phenoxy) is 1. The molecule has 0 unspecified atom stereocenters. The van der Waals surface area contributed by atoms with E-state index in [4.69, 9.17) is 4.74 Å². The Kier molecular flexibility index (Phi) is 4.83.